The maximum Gasteiger partial charge on any atom is 0.344 e. The quantitative estimate of drug-likeness (QED) is 0.267. The van der Waals surface area contributed by atoms with Gasteiger partial charge in [-0.15, -0.1) is 0 Å². The minimum absolute atomic E-state index is 0.00145. The van der Waals surface area contributed by atoms with Crippen LogP contribution in [-0.4, -0.2) is 60.5 Å². The lowest BCUT2D eigenvalue weighted by molar-refractivity contribution is -0.149. The number of nitrogens with zero attached hydrogens (tertiary/aromatic N) is 2. The monoisotopic (exact) mass is 440 g/mol. The topological polar surface area (TPSA) is 85.3 Å². The van der Waals surface area contributed by atoms with E-state index in [9.17, 15) is 14.4 Å². The van der Waals surface area contributed by atoms with Gasteiger partial charge in [-0.25, -0.2) is 4.79 Å². The molecule has 1 aromatic rings. The summed E-state index contributed by atoms with van der Waals surface area (Å²) in [6.45, 7) is 3.76. The Balaban J connectivity index is 1.55. The van der Waals surface area contributed by atoms with Crippen LogP contribution in [0.2, 0.25) is 0 Å². The van der Waals surface area contributed by atoms with Crippen molar-refractivity contribution < 1.29 is 23.9 Å². The van der Waals surface area contributed by atoms with Gasteiger partial charge in [0.1, 0.15) is 5.75 Å². The molecule has 0 radical (unpaired) electrons. The summed E-state index contributed by atoms with van der Waals surface area (Å²) in [5, 5.41) is 0. The zero-order chi connectivity index (χ0) is 22.4. The molecule has 2 aliphatic rings. The van der Waals surface area contributed by atoms with E-state index >= 15 is 0 Å². The largest absolute Gasteiger partial charge is 0.482 e. The molecule has 1 aliphatic carbocycles. The fourth-order valence-corrected chi connectivity index (χ4v) is 3.48. The number of hydrogen-bond donors (Lipinski definition) is 0. The molecule has 1 aromatic carbocycles. The maximum absolute atomic E-state index is 12.7. The standard InChI is InChI=1S/C23H24N2O5S/c1-15(2)30-22(27)14-29-19-7-5-17(6-8-19)21(26)13-25-12-18-10-16(11-24-31-3)4-9-20(18)23(25)28/h4-9,15H,10,12-14H2,1-3H3. The molecule has 3 rings (SSSR count). The van der Waals surface area contributed by atoms with E-state index in [1.807, 2.05) is 12.3 Å². The third kappa shape index (κ3) is 5.96. The van der Waals surface area contributed by atoms with Gasteiger partial charge in [-0.3, -0.25) is 9.59 Å². The van der Waals surface area contributed by atoms with Crippen molar-refractivity contribution in [2.45, 2.75) is 26.4 Å². The van der Waals surface area contributed by atoms with E-state index in [-0.39, 0.29) is 30.9 Å². The molecule has 0 aromatic heterocycles. The maximum atomic E-state index is 12.7. The highest BCUT2D eigenvalue weighted by atomic mass is 32.2. The molecule has 0 unspecified atom stereocenters. The SMILES string of the molecule is CSN=C=C1C=CC2=C(C1)CN(CC(=O)c1ccc(OCC(=O)OC(C)C)cc1)C2=O. The first kappa shape index (κ1) is 22.6. The fourth-order valence-electron chi connectivity index (χ4n) is 3.27. The van der Waals surface area contributed by atoms with Crippen LogP contribution in [-0.2, 0) is 14.3 Å². The molecule has 1 amide bonds. The minimum atomic E-state index is -0.453. The van der Waals surface area contributed by atoms with Crippen LogP contribution in [0.25, 0.3) is 0 Å². The van der Waals surface area contributed by atoms with Crippen LogP contribution in [0.1, 0.15) is 30.6 Å². The van der Waals surface area contributed by atoms with E-state index in [0.717, 1.165) is 11.1 Å². The molecule has 0 fully saturated rings. The van der Waals surface area contributed by atoms with Crippen molar-refractivity contribution in [2.24, 2.45) is 4.40 Å². The first-order chi connectivity index (χ1) is 14.9. The van der Waals surface area contributed by atoms with Gasteiger partial charge in [0.05, 0.1) is 12.6 Å². The highest BCUT2D eigenvalue weighted by Crippen LogP contribution is 2.29. The number of allylic oxidation sites excluding steroid dienone is 2. The van der Waals surface area contributed by atoms with E-state index < -0.39 is 5.97 Å². The van der Waals surface area contributed by atoms with E-state index in [4.69, 9.17) is 9.47 Å². The van der Waals surface area contributed by atoms with E-state index in [1.165, 1.54) is 11.9 Å². The van der Waals surface area contributed by atoms with E-state index in [0.29, 0.717) is 29.9 Å². The molecule has 162 valence electrons. The van der Waals surface area contributed by atoms with Crippen LogP contribution in [0.15, 0.2) is 57.5 Å². The normalized spacial score (nSPS) is 15.2. The number of esters is 1. The molecule has 1 heterocycles. The van der Waals surface area contributed by atoms with Crippen molar-refractivity contribution in [1.82, 2.24) is 4.90 Å². The second-order valence-electron chi connectivity index (χ2n) is 7.37. The summed E-state index contributed by atoms with van der Waals surface area (Å²) >= 11 is 1.32. The molecule has 0 saturated heterocycles. The van der Waals surface area contributed by atoms with Crippen molar-refractivity contribution in [3.05, 3.63) is 58.7 Å². The molecule has 0 atom stereocenters. The smallest absolute Gasteiger partial charge is 0.344 e. The third-order valence-corrected chi connectivity index (χ3v) is 4.92. The van der Waals surface area contributed by atoms with Gasteiger partial charge in [0.2, 0.25) is 0 Å². The molecule has 0 spiro atoms. The predicted octanol–water partition coefficient (Wildman–Crippen LogP) is 3.17. The molecule has 1 aliphatic heterocycles. The number of carbonyl (C=O) groups is 3. The number of carbonyl (C=O) groups excluding carboxylic acids is 3. The van der Waals surface area contributed by atoms with Crippen LogP contribution in [0.5, 0.6) is 5.75 Å². The van der Waals surface area contributed by atoms with Crippen molar-refractivity contribution in [3.63, 3.8) is 0 Å². The second-order valence-corrected chi connectivity index (χ2v) is 7.92. The molecule has 31 heavy (non-hydrogen) atoms. The summed E-state index contributed by atoms with van der Waals surface area (Å²) < 4.78 is 14.4. The van der Waals surface area contributed by atoms with Crippen molar-refractivity contribution in [2.75, 3.05) is 26.0 Å². The van der Waals surface area contributed by atoms with Gasteiger partial charge < -0.3 is 14.4 Å². The molecule has 0 N–H and O–H groups in total. The fraction of sp³-hybridized carbons (Fsp3) is 0.348. The van der Waals surface area contributed by atoms with Gasteiger partial charge in [-0.2, -0.15) is 4.40 Å². The molecule has 8 heteroatoms. The van der Waals surface area contributed by atoms with Gasteiger partial charge in [-0.05, 0) is 73.7 Å². The Kier molecular flexibility index (Phi) is 7.50. The number of benzene rings is 1. The Hall–Kier alpha value is -3.09. The summed E-state index contributed by atoms with van der Waals surface area (Å²) in [7, 11) is 0. The highest BCUT2D eigenvalue weighted by Gasteiger charge is 2.31. The Morgan fingerprint density at radius 2 is 1.97 bits per heavy atom. The average Bonchev–Trinajstić information content (AvgIpc) is 3.05. The number of rotatable bonds is 8. The number of ether oxygens (including phenoxy) is 2. The van der Waals surface area contributed by atoms with Gasteiger partial charge in [-0.1, -0.05) is 0 Å². The molecular weight excluding hydrogens is 416 g/mol. The Bertz CT molecular complexity index is 1000. The summed E-state index contributed by atoms with van der Waals surface area (Å²) in [4.78, 5) is 38.4. The van der Waals surface area contributed by atoms with Crippen LogP contribution in [0, 0.1) is 0 Å². The van der Waals surface area contributed by atoms with Gasteiger partial charge in [0.25, 0.3) is 5.91 Å². The third-order valence-electron chi connectivity index (χ3n) is 4.65. The van der Waals surface area contributed by atoms with Crippen molar-refractivity contribution in [1.29, 1.82) is 0 Å². The lowest BCUT2D eigenvalue weighted by atomic mass is 9.97. The van der Waals surface area contributed by atoms with E-state index in [1.54, 1.807) is 49.1 Å². The minimum Gasteiger partial charge on any atom is -0.482 e. The van der Waals surface area contributed by atoms with Crippen LogP contribution in [0.3, 0.4) is 0 Å². The molecule has 0 bridgehead atoms. The second kappa shape index (κ2) is 10.3. The Morgan fingerprint density at radius 1 is 1.23 bits per heavy atom. The molecular formula is C23H24N2O5S. The number of amides is 1. The summed E-state index contributed by atoms with van der Waals surface area (Å²) in [6.07, 6.45) is 5.89. The zero-order valence-electron chi connectivity index (χ0n) is 17.7. The lowest BCUT2D eigenvalue weighted by Crippen LogP contribution is -2.32. The lowest BCUT2D eigenvalue weighted by Gasteiger charge is -2.16. The molecule has 0 saturated carbocycles. The van der Waals surface area contributed by atoms with Crippen LogP contribution >= 0.6 is 11.9 Å². The summed E-state index contributed by atoms with van der Waals surface area (Å²) in [5.74, 6) is 2.67. The van der Waals surface area contributed by atoms with E-state index in [2.05, 4.69) is 10.3 Å². The van der Waals surface area contributed by atoms with Crippen molar-refractivity contribution in [3.8, 4) is 5.75 Å². The number of hydrogen-bond acceptors (Lipinski definition) is 7. The number of ketones is 1. The zero-order valence-corrected chi connectivity index (χ0v) is 18.5. The predicted molar refractivity (Wildman–Crippen MR) is 119 cm³/mol. The first-order valence-electron chi connectivity index (χ1n) is 9.87. The summed E-state index contributed by atoms with van der Waals surface area (Å²) in [5.41, 5.74) is 3.02. The average molecular weight is 441 g/mol. The van der Waals surface area contributed by atoms with Crippen LogP contribution < -0.4 is 4.74 Å². The highest BCUT2D eigenvalue weighted by molar-refractivity contribution is 7.97. The van der Waals surface area contributed by atoms with Gasteiger partial charge >= 0.3 is 5.97 Å². The van der Waals surface area contributed by atoms with Gasteiger partial charge in [0.15, 0.2) is 12.4 Å². The Morgan fingerprint density at radius 3 is 2.65 bits per heavy atom. The first-order valence-corrected chi connectivity index (χ1v) is 11.1. The molecule has 7 nitrogen and oxygen atoms in total. The number of Topliss-reactive ketones (excluding diaryl/α,β-unsaturated/α-hetero) is 1. The summed E-state index contributed by atoms with van der Waals surface area (Å²) in [6, 6.07) is 6.49. The Labute approximate surface area is 185 Å². The van der Waals surface area contributed by atoms with Gasteiger partial charge in [0, 0.05) is 35.9 Å². The van der Waals surface area contributed by atoms with Crippen LogP contribution in [0.4, 0.5) is 0 Å². The van der Waals surface area contributed by atoms with Crippen molar-refractivity contribution >= 4 is 35.5 Å².